The van der Waals surface area contributed by atoms with Crippen molar-refractivity contribution in [1.82, 2.24) is 4.90 Å². The lowest BCUT2D eigenvalue weighted by Crippen LogP contribution is -2.37. The Kier molecular flexibility index (Phi) is 3.99. The Morgan fingerprint density at radius 2 is 2.05 bits per heavy atom. The monoisotopic (exact) mass is 287 g/mol. The maximum absolute atomic E-state index is 12.5. The van der Waals surface area contributed by atoms with Gasteiger partial charge in [0.2, 0.25) is 0 Å². The summed E-state index contributed by atoms with van der Waals surface area (Å²) in [6.45, 7) is -2.11. The standard InChI is InChI=1S/C13H12F3NO3/c14-13(15,16)8-17(7-11(18)19)6-10-3-1-2-9-4-5-20-12(9)10/h1-5H,6-8H2,(H,18,19). The number of fused-ring (bicyclic) bond motifs is 1. The number of halogens is 3. The quantitative estimate of drug-likeness (QED) is 0.918. The fourth-order valence-corrected chi connectivity index (χ4v) is 2.03. The first kappa shape index (κ1) is 14.4. The van der Waals surface area contributed by atoms with Crippen molar-refractivity contribution >= 4 is 16.9 Å². The number of benzene rings is 1. The molecule has 7 heteroatoms. The van der Waals surface area contributed by atoms with Crippen molar-refractivity contribution in [2.75, 3.05) is 13.1 Å². The van der Waals surface area contributed by atoms with Crippen LogP contribution in [-0.4, -0.2) is 35.2 Å². The van der Waals surface area contributed by atoms with Crippen molar-refractivity contribution in [1.29, 1.82) is 0 Å². The number of furan rings is 1. The third-order valence-electron chi connectivity index (χ3n) is 2.72. The fourth-order valence-electron chi connectivity index (χ4n) is 2.03. The lowest BCUT2D eigenvalue weighted by molar-refractivity contribution is -0.154. The molecule has 2 aromatic rings. The number of nitrogens with zero attached hydrogens (tertiary/aromatic N) is 1. The average Bonchev–Trinajstić information content (AvgIpc) is 2.74. The lowest BCUT2D eigenvalue weighted by atomic mass is 10.1. The second kappa shape index (κ2) is 5.54. The minimum atomic E-state index is -4.45. The maximum atomic E-state index is 12.5. The van der Waals surface area contributed by atoms with Crippen LogP contribution in [0.1, 0.15) is 5.56 Å². The summed E-state index contributed by atoms with van der Waals surface area (Å²) in [6.07, 6.45) is -3.01. The first-order chi connectivity index (χ1) is 9.35. The van der Waals surface area contributed by atoms with Gasteiger partial charge in [0.15, 0.2) is 0 Å². The Morgan fingerprint density at radius 1 is 1.30 bits per heavy atom. The van der Waals surface area contributed by atoms with Crippen LogP contribution in [-0.2, 0) is 11.3 Å². The smallest absolute Gasteiger partial charge is 0.401 e. The Balaban J connectivity index is 2.22. The number of carboxylic acid groups (broad SMARTS) is 1. The van der Waals surface area contributed by atoms with Gasteiger partial charge in [0.1, 0.15) is 5.58 Å². The Bertz CT molecular complexity index is 606. The molecule has 2 rings (SSSR count). The van der Waals surface area contributed by atoms with E-state index in [0.29, 0.717) is 11.1 Å². The summed E-state index contributed by atoms with van der Waals surface area (Å²) in [6, 6.07) is 6.79. The molecule has 0 saturated heterocycles. The van der Waals surface area contributed by atoms with E-state index < -0.39 is 25.2 Å². The van der Waals surface area contributed by atoms with Gasteiger partial charge >= 0.3 is 12.1 Å². The van der Waals surface area contributed by atoms with Crippen LogP contribution in [0.3, 0.4) is 0 Å². The van der Waals surface area contributed by atoms with Gasteiger partial charge in [-0.25, -0.2) is 0 Å². The molecule has 0 aliphatic rings. The summed E-state index contributed by atoms with van der Waals surface area (Å²) in [4.78, 5) is 11.5. The van der Waals surface area contributed by atoms with E-state index in [4.69, 9.17) is 9.52 Å². The summed E-state index contributed by atoms with van der Waals surface area (Å²) in [7, 11) is 0. The van der Waals surface area contributed by atoms with Gasteiger partial charge in [0.25, 0.3) is 0 Å². The number of para-hydroxylation sites is 1. The van der Waals surface area contributed by atoms with Crippen LogP contribution in [0.15, 0.2) is 34.9 Å². The minimum Gasteiger partial charge on any atom is -0.480 e. The van der Waals surface area contributed by atoms with Crippen molar-refractivity contribution in [3.05, 3.63) is 36.1 Å². The van der Waals surface area contributed by atoms with Gasteiger partial charge < -0.3 is 9.52 Å². The van der Waals surface area contributed by atoms with Gasteiger partial charge in [0, 0.05) is 17.5 Å². The summed E-state index contributed by atoms with van der Waals surface area (Å²) in [5.74, 6) is -1.30. The molecule has 1 heterocycles. The van der Waals surface area contributed by atoms with Crippen LogP contribution < -0.4 is 0 Å². The number of aliphatic carboxylic acids is 1. The summed E-state index contributed by atoms with van der Waals surface area (Å²) in [5.41, 5.74) is 1.00. The normalized spacial score (nSPS) is 12.2. The molecule has 0 aliphatic heterocycles. The molecule has 4 nitrogen and oxygen atoms in total. The van der Waals surface area contributed by atoms with E-state index in [2.05, 4.69) is 0 Å². The van der Waals surface area contributed by atoms with E-state index in [1.807, 2.05) is 0 Å². The number of alkyl halides is 3. The number of hydrogen-bond acceptors (Lipinski definition) is 3. The number of hydrogen-bond donors (Lipinski definition) is 1. The summed E-state index contributed by atoms with van der Waals surface area (Å²) >= 11 is 0. The largest absolute Gasteiger partial charge is 0.480 e. The molecule has 0 spiro atoms. The van der Waals surface area contributed by atoms with Gasteiger partial charge in [0.05, 0.1) is 19.4 Å². The zero-order valence-electron chi connectivity index (χ0n) is 10.4. The molecule has 1 N–H and O–H groups in total. The molecule has 108 valence electrons. The molecule has 0 bridgehead atoms. The molecule has 0 aliphatic carbocycles. The maximum Gasteiger partial charge on any atom is 0.401 e. The molecule has 1 aromatic heterocycles. The Hall–Kier alpha value is -2.02. The fraction of sp³-hybridized carbons (Fsp3) is 0.308. The Morgan fingerprint density at radius 3 is 2.70 bits per heavy atom. The topological polar surface area (TPSA) is 53.7 Å². The predicted octanol–water partition coefficient (Wildman–Crippen LogP) is 2.88. The molecule has 0 fully saturated rings. The molecule has 0 unspecified atom stereocenters. The van der Waals surface area contributed by atoms with E-state index in [1.54, 1.807) is 24.3 Å². The molecular weight excluding hydrogens is 275 g/mol. The zero-order chi connectivity index (χ0) is 14.8. The van der Waals surface area contributed by atoms with Crippen molar-refractivity contribution < 1.29 is 27.5 Å². The number of carbonyl (C=O) groups is 1. The van der Waals surface area contributed by atoms with E-state index in [0.717, 1.165) is 10.3 Å². The average molecular weight is 287 g/mol. The second-order valence-electron chi connectivity index (χ2n) is 4.41. The number of rotatable bonds is 5. The molecule has 0 saturated carbocycles. The van der Waals surface area contributed by atoms with Gasteiger partial charge in [-0.2, -0.15) is 13.2 Å². The highest BCUT2D eigenvalue weighted by Crippen LogP contribution is 2.23. The van der Waals surface area contributed by atoms with E-state index >= 15 is 0 Å². The van der Waals surface area contributed by atoms with Crippen molar-refractivity contribution in [3.8, 4) is 0 Å². The van der Waals surface area contributed by atoms with Gasteiger partial charge in [-0.05, 0) is 6.07 Å². The molecule has 0 radical (unpaired) electrons. The molecule has 1 aromatic carbocycles. The summed E-state index contributed by atoms with van der Waals surface area (Å²) in [5, 5.41) is 9.47. The van der Waals surface area contributed by atoms with E-state index in [-0.39, 0.29) is 6.54 Å². The predicted molar refractivity (Wildman–Crippen MR) is 65.2 cm³/mol. The first-order valence-corrected chi connectivity index (χ1v) is 5.81. The lowest BCUT2D eigenvalue weighted by Gasteiger charge is -2.21. The van der Waals surface area contributed by atoms with Crippen LogP contribution in [0, 0.1) is 0 Å². The van der Waals surface area contributed by atoms with Crippen LogP contribution >= 0.6 is 0 Å². The Labute approximate surface area is 112 Å². The van der Waals surface area contributed by atoms with Crippen LogP contribution in [0.25, 0.3) is 11.0 Å². The zero-order valence-corrected chi connectivity index (χ0v) is 10.4. The molecular formula is C13H12F3NO3. The van der Waals surface area contributed by atoms with Crippen molar-refractivity contribution in [3.63, 3.8) is 0 Å². The SMILES string of the molecule is O=C(O)CN(Cc1cccc2ccoc12)CC(F)(F)F. The van der Waals surface area contributed by atoms with Gasteiger partial charge in [-0.15, -0.1) is 0 Å². The minimum absolute atomic E-state index is 0.142. The third kappa shape index (κ3) is 3.74. The highest BCUT2D eigenvalue weighted by Gasteiger charge is 2.31. The van der Waals surface area contributed by atoms with E-state index in [9.17, 15) is 18.0 Å². The first-order valence-electron chi connectivity index (χ1n) is 5.81. The number of carboxylic acids is 1. The van der Waals surface area contributed by atoms with Crippen LogP contribution in [0.2, 0.25) is 0 Å². The highest BCUT2D eigenvalue weighted by atomic mass is 19.4. The van der Waals surface area contributed by atoms with Gasteiger partial charge in [-0.1, -0.05) is 18.2 Å². The van der Waals surface area contributed by atoms with Crippen molar-refractivity contribution in [2.45, 2.75) is 12.7 Å². The van der Waals surface area contributed by atoms with Crippen LogP contribution in [0.4, 0.5) is 13.2 Å². The molecule has 0 atom stereocenters. The van der Waals surface area contributed by atoms with E-state index in [1.165, 1.54) is 6.26 Å². The molecule has 20 heavy (non-hydrogen) atoms. The van der Waals surface area contributed by atoms with Gasteiger partial charge in [-0.3, -0.25) is 9.69 Å². The van der Waals surface area contributed by atoms with Crippen molar-refractivity contribution in [2.24, 2.45) is 0 Å². The molecule has 0 amide bonds. The highest BCUT2D eigenvalue weighted by molar-refractivity contribution is 5.80. The third-order valence-corrected chi connectivity index (χ3v) is 2.72. The van der Waals surface area contributed by atoms with Crippen LogP contribution in [0.5, 0.6) is 0 Å². The second-order valence-corrected chi connectivity index (χ2v) is 4.41. The summed E-state index contributed by atoms with van der Waals surface area (Å²) < 4.78 is 42.6.